The van der Waals surface area contributed by atoms with Crippen LogP contribution >= 0.6 is 0 Å². The first-order valence-electron chi connectivity index (χ1n) is 7.34. The number of hydrogen-bond acceptors (Lipinski definition) is 3. The van der Waals surface area contributed by atoms with Crippen molar-refractivity contribution in [2.24, 2.45) is 0 Å². The van der Waals surface area contributed by atoms with Gasteiger partial charge in [0.25, 0.3) is 0 Å². The van der Waals surface area contributed by atoms with Gasteiger partial charge in [-0.2, -0.15) is 0 Å². The number of nitrogens with one attached hydrogen (secondary N) is 1. The van der Waals surface area contributed by atoms with Gasteiger partial charge in [0.05, 0.1) is 6.10 Å². The second-order valence-electron chi connectivity index (χ2n) is 5.06. The minimum absolute atomic E-state index is 0.477. The summed E-state index contributed by atoms with van der Waals surface area (Å²) in [5.41, 5.74) is 0. The maximum absolute atomic E-state index is 5.75. The Bertz CT molecular complexity index is 185. The Balaban J connectivity index is 2.18. The SMILES string of the molecule is CCNCCCC(C)N1CCCC(OCC)C1. The average Bonchev–Trinajstić information content (AvgIpc) is 2.35. The largest absolute Gasteiger partial charge is 0.377 e. The molecule has 0 spiro atoms. The first kappa shape index (κ1) is 14.9. The van der Waals surface area contributed by atoms with Crippen LogP contribution in [0.25, 0.3) is 0 Å². The Labute approximate surface area is 107 Å². The highest BCUT2D eigenvalue weighted by Crippen LogP contribution is 2.17. The summed E-state index contributed by atoms with van der Waals surface area (Å²) in [4.78, 5) is 2.61. The van der Waals surface area contributed by atoms with Gasteiger partial charge < -0.3 is 10.1 Å². The number of hydrogen-bond donors (Lipinski definition) is 1. The molecule has 0 radical (unpaired) electrons. The molecule has 1 N–H and O–H groups in total. The maximum Gasteiger partial charge on any atom is 0.0702 e. The predicted molar refractivity (Wildman–Crippen MR) is 73.5 cm³/mol. The normalized spacial score (nSPS) is 23.8. The van der Waals surface area contributed by atoms with Crippen molar-refractivity contribution in [2.45, 2.75) is 58.6 Å². The molecule has 0 aromatic heterocycles. The van der Waals surface area contributed by atoms with Gasteiger partial charge in [-0.05, 0) is 59.2 Å². The molecule has 2 atom stereocenters. The standard InChI is InChI=1S/C14H30N2O/c1-4-15-10-6-8-13(3)16-11-7-9-14(12-16)17-5-2/h13-15H,4-12H2,1-3H3. The highest BCUT2D eigenvalue weighted by molar-refractivity contribution is 4.77. The van der Waals surface area contributed by atoms with E-state index in [9.17, 15) is 0 Å². The number of piperidine rings is 1. The third-order valence-corrected chi connectivity index (χ3v) is 3.66. The molecule has 0 aliphatic carbocycles. The quantitative estimate of drug-likeness (QED) is 0.661. The van der Waals surface area contributed by atoms with Crippen molar-refractivity contribution in [1.82, 2.24) is 10.2 Å². The zero-order chi connectivity index (χ0) is 12.5. The molecule has 1 heterocycles. The van der Waals surface area contributed by atoms with Gasteiger partial charge in [0.15, 0.2) is 0 Å². The number of likely N-dealkylation sites (tertiary alicyclic amines) is 1. The molecule has 1 aliphatic rings. The van der Waals surface area contributed by atoms with Gasteiger partial charge in [0.1, 0.15) is 0 Å². The van der Waals surface area contributed by atoms with E-state index in [2.05, 4.69) is 31.0 Å². The van der Waals surface area contributed by atoms with E-state index >= 15 is 0 Å². The molecule has 1 aliphatic heterocycles. The van der Waals surface area contributed by atoms with Crippen LogP contribution in [0.15, 0.2) is 0 Å². The van der Waals surface area contributed by atoms with Crippen LogP contribution in [-0.4, -0.2) is 49.8 Å². The molecule has 0 aromatic carbocycles. The minimum atomic E-state index is 0.477. The highest BCUT2D eigenvalue weighted by Gasteiger charge is 2.23. The van der Waals surface area contributed by atoms with Crippen LogP contribution in [-0.2, 0) is 4.74 Å². The first-order valence-corrected chi connectivity index (χ1v) is 7.34. The molecule has 0 aromatic rings. The monoisotopic (exact) mass is 242 g/mol. The predicted octanol–water partition coefficient (Wildman–Crippen LogP) is 2.27. The molecule has 102 valence electrons. The Hall–Kier alpha value is -0.120. The average molecular weight is 242 g/mol. The molecular formula is C14H30N2O. The van der Waals surface area contributed by atoms with Gasteiger partial charge in [0.2, 0.25) is 0 Å². The fourth-order valence-electron chi connectivity index (χ4n) is 2.62. The van der Waals surface area contributed by atoms with Crippen LogP contribution < -0.4 is 5.32 Å². The van der Waals surface area contributed by atoms with Gasteiger partial charge >= 0.3 is 0 Å². The van der Waals surface area contributed by atoms with Crippen molar-refractivity contribution < 1.29 is 4.74 Å². The van der Waals surface area contributed by atoms with Crippen LogP contribution in [0, 0.1) is 0 Å². The lowest BCUT2D eigenvalue weighted by Gasteiger charge is -2.36. The van der Waals surface area contributed by atoms with Crippen LogP contribution in [0.4, 0.5) is 0 Å². The lowest BCUT2D eigenvalue weighted by atomic mass is 10.0. The van der Waals surface area contributed by atoms with Gasteiger partial charge in [-0.3, -0.25) is 4.90 Å². The molecule has 0 amide bonds. The van der Waals surface area contributed by atoms with Crippen molar-refractivity contribution in [3.8, 4) is 0 Å². The zero-order valence-corrected chi connectivity index (χ0v) is 11.9. The number of rotatable bonds is 8. The Morgan fingerprint density at radius 1 is 1.41 bits per heavy atom. The second kappa shape index (κ2) is 8.90. The van der Waals surface area contributed by atoms with Crippen molar-refractivity contribution >= 4 is 0 Å². The molecular weight excluding hydrogens is 212 g/mol. The van der Waals surface area contributed by atoms with Crippen LogP contribution in [0.2, 0.25) is 0 Å². The van der Waals surface area contributed by atoms with Gasteiger partial charge in [-0.1, -0.05) is 6.92 Å². The number of nitrogens with zero attached hydrogens (tertiary/aromatic N) is 1. The van der Waals surface area contributed by atoms with Gasteiger partial charge in [0, 0.05) is 19.2 Å². The summed E-state index contributed by atoms with van der Waals surface area (Å²) in [5, 5.41) is 3.39. The van der Waals surface area contributed by atoms with E-state index in [1.807, 2.05) is 0 Å². The Morgan fingerprint density at radius 2 is 2.24 bits per heavy atom. The fraction of sp³-hybridized carbons (Fsp3) is 1.00. The van der Waals surface area contributed by atoms with Crippen LogP contribution in [0.3, 0.4) is 0 Å². The van der Waals surface area contributed by atoms with E-state index in [4.69, 9.17) is 4.74 Å². The van der Waals surface area contributed by atoms with Gasteiger partial charge in [-0.15, -0.1) is 0 Å². The third-order valence-electron chi connectivity index (χ3n) is 3.66. The van der Waals surface area contributed by atoms with Crippen molar-refractivity contribution in [3.05, 3.63) is 0 Å². The lowest BCUT2D eigenvalue weighted by Crippen LogP contribution is -2.44. The smallest absolute Gasteiger partial charge is 0.0702 e. The van der Waals surface area contributed by atoms with Crippen molar-refractivity contribution in [1.29, 1.82) is 0 Å². The molecule has 3 nitrogen and oxygen atoms in total. The first-order chi connectivity index (χ1) is 8.27. The fourth-order valence-corrected chi connectivity index (χ4v) is 2.62. The number of ether oxygens (including phenoxy) is 1. The second-order valence-corrected chi connectivity index (χ2v) is 5.06. The van der Waals surface area contributed by atoms with Gasteiger partial charge in [-0.25, -0.2) is 0 Å². The molecule has 1 rings (SSSR count). The third kappa shape index (κ3) is 5.84. The van der Waals surface area contributed by atoms with E-state index in [0.717, 1.165) is 26.2 Å². The maximum atomic E-state index is 5.75. The Morgan fingerprint density at radius 3 is 2.94 bits per heavy atom. The molecule has 2 unspecified atom stereocenters. The highest BCUT2D eigenvalue weighted by atomic mass is 16.5. The van der Waals surface area contributed by atoms with Crippen molar-refractivity contribution in [3.63, 3.8) is 0 Å². The topological polar surface area (TPSA) is 24.5 Å². The molecule has 1 fully saturated rings. The minimum Gasteiger partial charge on any atom is -0.377 e. The van der Waals surface area contributed by atoms with Crippen LogP contribution in [0.1, 0.15) is 46.5 Å². The summed E-state index contributed by atoms with van der Waals surface area (Å²) in [5.74, 6) is 0. The Kier molecular flexibility index (Phi) is 7.82. The van der Waals surface area contributed by atoms with E-state index in [1.165, 1.54) is 32.2 Å². The summed E-state index contributed by atoms with van der Waals surface area (Å²) < 4.78 is 5.75. The van der Waals surface area contributed by atoms with E-state index in [-0.39, 0.29) is 0 Å². The van der Waals surface area contributed by atoms with Crippen LogP contribution in [0.5, 0.6) is 0 Å². The molecule has 17 heavy (non-hydrogen) atoms. The van der Waals surface area contributed by atoms with E-state index in [1.54, 1.807) is 0 Å². The lowest BCUT2D eigenvalue weighted by molar-refractivity contribution is -0.00620. The molecule has 3 heteroatoms. The molecule has 1 saturated heterocycles. The molecule has 0 bridgehead atoms. The summed E-state index contributed by atoms with van der Waals surface area (Å²) >= 11 is 0. The van der Waals surface area contributed by atoms with E-state index < -0.39 is 0 Å². The summed E-state index contributed by atoms with van der Waals surface area (Å²) in [7, 11) is 0. The van der Waals surface area contributed by atoms with Crippen molar-refractivity contribution in [2.75, 3.05) is 32.8 Å². The van der Waals surface area contributed by atoms with E-state index in [0.29, 0.717) is 12.1 Å². The summed E-state index contributed by atoms with van der Waals surface area (Å²) in [6.07, 6.45) is 5.60. The summed E-state index contributed by atoms with van der Waals surface area (Å²) in [6.45, 7) is 12.1. The summed E-state index contributed by atoms with van der Waals surface area (Å²) in [6, 6.07) is 0.705. The molecule has 0 saturated carbocycles. The zero-order valence-electron chi connectivity index (χ0n) is 11.9.